The van der Waals surface area contributed by atoms with Crippen molar-refractivity contribution in [2.45, 2.75) is 32.7 Å². The molecular formula is C16H26N2O2S. The van der Waals surface area contributed by atoms with Crippen LogP contribution in [0.4, 0.5) is 0 Å². The maximum Gasteiger partial charge on any atom is 0.214 e. The minimum atomic E-state index is -3.14. The van der Waals surface area contributed by atoms with Crippen molar-refractivity contribution >= 4 is 10.0 Å². The normalized spacial score (nSPS) is 18.8. The Hall–Kier alpha value is -0.910. The molecule has 0 amide bonds. The van der Waals surface area contributed by atoms with E-state index in [1.807, 2.05) is 30.3 Å². The van der Waals surface area contributed by atoms with Crippen molar-refractivity contribution in [3.63, 3.8) is 0 Å². The summed E-state index contributed by atoms with van der Waals surface area (Å²) in [5.41, 5.74) is 1.19. The highest BCUT2D eigenvalue weighted by molar-refractivity contribution is 7.89. The van der Waals surface area contributed by atoms with Gasteiger partial charge in [0.2, 0.25) is 10.0 Å². The molecule has 0 aliphatic carbocycles. The SMILES string of the molecule is CC(C)(C)N1CCN(S(=O)(=O)CCc2ccccc2)CC1. The number of nitrogens with zero attached hydrogens (tertiary/aromatic N) is 2. The quantitative estimate of drug-likeness (QED) is 0.854. The first kappa shape index (κ1) is 16.5. The third kappa shape index (κ3) is 4.53. The molecule has 21 heavy (non-hydrogen) atoms. The summed E-state index contributed by atoms with van der Waals surface area (Å²) in [5.74, 6) is 0.201. The molecule has 1 fully saturated rings. The highest BCUT2D eigenvalue weighted by Gasteiger charge is 2.30. The van der Waals surface area contributed by atoms with Crippen LogP contribution in [0.1, 0.15) is 26.3 Å². The number of sulfonamides is 1. The van der Waals surface area contributed by atoms with Gasteiger partial charge in [0.1, 0.15) is 0 Å². The zero-order valence-corrected chi connectivity index (χ0v) is 14.1. The third-order valence-corrected chi connectivity index (χ3v) is 5.94. The van der Waals surface area contributed by atoms with Crippen LogP contribution >= 0.6 is 0 Å². The minimum Gasteiger partial charge on any atom is -0.296 e. The van der Waals surface area contributed by atoms with E-state index in [2.05, 4.69) is 25.7 Å². The summed E-state index contributed by atoms with van der Waals surface area (Å²) in [6.07, 6.45) is 0.586. The molecule has 0 bridgehead atoms. The molecular weight excluding hydrogens is 284 g/mol. The maximum atomic E-state index is 12.4. The Kier molecular flexibility index (Phi) is 5.07. The first-order chi connectivity index (χ1) is 9.79. The van der Waals surface area contributed by atoms with Crippen LogP contribution in [0.15, 0.2) is 30.3 Å². The maximum absolute atomic E-state index is 12.4. The fourth-order valence-corrected chi connectivity index (χ4v) is 4.13. The van der Waals surface area contributed by atoms with E-state index in [0.717, 1.165) is 18.7 Å². The molecule has 1 aromatic rings. The predicted octanol–water partition coefficient (Wildman–Crippen LogP) is 1.98. The predicted molar refractivity (Wildman–Crippen MR) is 86.8 cm³/mol. The second-order valence-corrected chi connectivity index (χ2v) is 8.70. The zero-order chi connectivity index (χ0) is 15.5. The average Bonchev–Trinajstić information content (AvgIpc) is 2.46. The number of rotatable bonds is 4. The van der Waals surface area contributed by atoms with Crippen LogP contribution in [0, 0.1) is 0 Å². The second-order valence-electron chi connectivity index (χ2n) is 6.61. The van der Waals surface area contributed by atoms with Crippen molar-refractivity contribution < 1.29 is 8.42 Å². The first-order valence-corrected chi connectivity index (χ1v) is 9.17. The van der Waals surface area contributed by atoms with Crippen molar-refractivity contribution in [1.29, 1.82) is 0 Å². The van der Waals surface area contributed by atoms with Gasteiger partial charge in [0.15, 0.2) is 0 Å². The van der Waals surface area contributed by atoms with Crippen molar-refractivity contribution in [1.82, 2.24) is 9.21 Å². The molecule has 0 spiro atoms. The number of hydrogen-bond acceptors (Lipinski definition) is 3. The average molecular weight is 310 g/mol. The van der Waals surface area contributed by atoms with Gasteiger partial charge in [-0.15, -0.1) is 0 Å². The Bertz CT molecular complexity index is 541. The zero-order valence-electron chi connectivity index (χ0n) is 13.2. The van der Waals surface area contributed by atoms with Crippen LogP contribution in [-0.4, -0.2) is 55.1 Å². The lowest BCUT2D eigenvalue weighted by atomic mass is 10.1. The van der Waals surface area contributed by atoms with Gasteiger partial charge in [-0.05, 0) is 32.8 Å². The van der Waals surface area contributed by atoms with E-state index in [0.29, 0.717) is 19.5 Å². The Balaban J connectivity index is 1.90. The van der Waals surface area contributed by atoms with Crippen LogP contribution in [0.25, 0.3) is 0 Å². The Morgan fingerprint density at radius 3 is 2.10 bits per heavy atom. The Morgan fingerprint density at radius 1 is 1.00 bits per heavy atom. The van der Waals surface area contributed by atoms with Gasteiger partial charge in [-0.2, -0.15) is 4.31 Å². The lowest BCUT2D eigenvalue weighted by molar-refractivity contribution is 0.0922. The van der Waals surface area contributed by atoms with Crippen LogP contribution in [0.5, 0.6) is 0 Å². The number of benzene rings is 1. The lowest BCUT2D eigenvalue weighted by Crippen LogP contribution is -2.54. The second kappa shape index (κ2) is 6.46. The molecule has 4 nitrogen and oxygen atoms in total. The highest BCUT2D eigenvalue weighted by Crippen LogP contribution is 2.18. The number of piperazine rings is 1. The van der Waals surface area contributed by atoms with Gasteiger partial charge < -0.3 is 0 Å². The van der Waals surface area contributed by atoms with E-state index >= 15 is 0 Å². The summed E-state index contributed by atoms with van der Waals surface area (Å²) in [5, 5.41) is 0. The van der Waals surface area contributed by atoms with Gasteiger partial charge in [-0.1, -0.05) is 30.3 Å². The summed E-state index contributed by atoms with van der Waals surface area (Å²) in [6, 6.07) is 9.80. The topological polar surface area (TPSA) is 40.6 Å². The van der Waals surface area contributed by atoms with Crippen LogP contribution in [0.3, 0.4) is 0 Å². The highest BCUT2D eigenvalue weighted by atomic mass is 32.2. The van der Waals surface area contributed by atoms with E-state index in [9.17, 15) is 8.42 Å². The van der Waals surface area contributed by atoms with Gasteiger partial charge in [-0.25, -0.2) is 8.42 Å². The molecule has 1 heterocycles. The summed E-state index contributed by atoms with van der Waals surface area (Å²) < 4.78 is 26.5. The largest absolute Gasteiger partial charge is 0.296 e. The standard InChI is InChI=1S/C16H26N2O2S/c1-16(2,3)17-10-12-18(13-11-17)21(19,20)14-9-15-7-5-4-6-8-15/h4-8H,9-14H2,1-3H3. The molecule has 0 saturated carbocycles. The summed E-state index contributed by atoms with van der Waals surface area (Å²) in [4.78, 5) is 2.34. The van der Waals surface area contributed by atoms with Crippen LogP contribution in [-0.2, 0) is 16.4 Å². The molecule has 0 unspecified atom stereocenters. The van der Waals surface area contributed by atoms with Crippen LogP contribution in [0.2, 0.25) is 0 Å². The fourth-order valence-electron chi connectivity index (χ4n) is 2.66. The van der Waals surface area contributed by atoms with E-state index in [-0.39, 0.29) is 11.3 Å². The van der Waals surface area contributed by atoms with Crippen molar-refractivity contribution in [3.05, 3.63) is 35.9 Å². The Morgan fingerprint density at radius 2 is 1.57 bits per heavy atom. The molecule has 0 N–H and O–H groups in total. The van der Waals surface area contributed by atoms with E-state index < -0.39 is 10.0 Å². The van der Waals surface area contributed by atoms with Crippen molar-refractivity contribution in [3.8, 4) is 0 Å². The van der Waals surface area contributed by atoms with Crippen LogP contribution < -0.4 is 0 Å². The van der Waals surface area contributed by atoms with E-state index in [4.69, 9.17) is 0 Å². The van der Waals surface area contributed by atoms with Gasteiger partial charge in [0, 0.05) is 31.7 Å². The summed E-state index contributed by atoms with van der Waals surface area (Å²) >= 11 is 0. The van der Waals surface area contributed by atoms with Crippen molar-refractivity contribution in [2.75, 3.05) is 31.9 Å². The smallest absolute Gasteiger partial charge is 0.214 e. The lowest BCUT2D eigenvalue weighted by Gasteiger charge is -2.41. The molecule has 5 heteroatoms. The Labute approximate surface area is 128 Å². The third-order valence-electron chi connectivity index (χ3n) is 4.07. The molecule has 118 valence electrons. The number of aryl methyl sites for hydroxylation is 1. The molecule has 1 aliphatic heterocycles. The number of hydrogen-bond donors (Lipinski definition) is 0. The monoisotopic (exact) mass is 310 g/mol. The molecule has 1 aromatic carbocycles. The van der Waals surface area contributed by atoms with E-state index in [1.165, 1.54) is 0 Å². The fraction of sp³-hybridized carbons (Fsp3) is 0.625. The molecule has 0 atom stereocenters. The summed E-state index contributed by atoms with van der Waals surface area (Å²) in [7, 11) is -3.14. The molecule has 1 aliphatic rings. The van der Waals surface area contributed by atoms with Gasteiger partial charge >= 0.3 is 0 Å². The molecule has 1 saturated heterocycles. The first-order valence-electron chi connectivity index (χ1n) is 7.56. The van der Waals surface area contributed by atoms with E-state index in [1.54, 1.807) is 4.31 Å². The van der Waals surface area contributed by atoms with Gasteiger partial charge in [0.25, 0.3) is 0 Å². The molecule has 2 rings (SSSR count). The van der Waals surface area contributed by atoms with Crippen molar-refractivity contribution in [2.24, 2.45) is 0 Å². The summed E-state index contributed by atoms with van der Waals surface area (Å²) in [6.45, 7) is 9.36. The molecule has 0 radical (unpaired) electrons. The van der Waals surface area contributed by atoms with Gasteiger partial charge in [0.05, 0.1) is 5.75 Å². The molecule has 0 aromatic heterocycles. The minimum absolute atomic E-state index is 0.111. The van der Waals surface area contributed by atoms with Gasteiger partial charge in [-0.3, -0.25) is 4.90 Å².